The summed E-state index contributed by atoms with van der Waals surface area (Å²) in [5.41, 5.74) is 4.56. The van der Waals surface area contributed by atoms with Crippen molar-refractivity contribution in [2.75, 3.05) is 25.6 Å². The highest BCUT2D eigenvalue weighted by Crippen LogP contribution is 2.60. The molecule has 0 radical (unpaired) electrons. The van der Waals surface area contributed by atoms with Gasteiger partial charge < -0.3 is 50.2 Å². The number of rotatable bonds is 37. The standard InChI is InChI=1S/C46H77N3O17P2/c1-4-5-17-24-36(50)25-19-14-10-8-11-15-20-26-37(51)27-22-29-41(52)61-32-38(64-42(53)28-21-16-12-7-6-9-13-18-23-35(2)3)33-62-67(57,58)66-68(59,60)63-34-39-43(54)44(55)45(65-39)49-31-30-40(47)48-46(49)56/h10-11,14-15,19-20,25-26,30-31,35-39,43-45,50-51,54-55H,4-9,12-13,16-18,21-24,27-29,32-34H2,1-3H3,(H,57,58)(H,59,60)(H2,47,48,56)/b14-10-,15-11-,25-19+,26-20+/t36-,37-,38+,39+,43+,44+,45+/m0/s1. The number of unbranched alkanes of at least 4 members (excludes halogenated alkanes) is 9. The number of allylic oxidation sites excluding steroid dienone is 6. The maximum atomic E-state index is 12.8. The molecule has 0 amide bonds. The molecule has 1 aromatic rings. The number of nitrogens with two attached hydrogens (primary N) is 1. The molecule has 0 aromatic carbocycles. The third-order valence-electron chi connectivity index (χ3n) is 10.6. The van der Waals surface area contributed by atoms with Crippen LogP contribution >= 0.6 is 15.6 Å². The van der Waals surface area contributed by atoms with E-state index in [2.05, 4.69) is 30.1 Å². The molecule has 1 saturated heterocycles. The largest absolute Gasteiger partial charge is 0.481 e. The highest BCUT2D eigenvalue weighted by molar-refractivity contribution is 7.61. The van der Waals surface area contributed by atoms with E-state index in [0.717, 1.165) is 68.6 Å². The summed E-state index contributed by atoms with van der Waals surface area (Å²) in [6.45, 7) is 4.03. The number of phosphoric ester groups is 2. The van der Waals surface area contributed by atoms with Gasteiger partial charge in [-0.2, -0.15) is 9.29 Å². The van der Waals surface area contributed by atoms with E-state index in [-0.39, 0.29) is 31.5 Å². The summed E-state index contributed by atoms with van der Waals surface area (Å²) in [5.74, 6) is -0.850. The van der Waals surface area contributed by atoms with Crippen LogP contribution in [0.5, 0.6) is 0 Å². The normalized spacial score (nSPS) is 20.9. The van der Waals surface area contributed by atoms with Crippen LogP contribution in [0.4, 0.5) is 5.82 Å². The Morgan fingerprint density at radius 2 is 1.37 bits per heavy atom. The van der Waals surface area contributed by atoms with E-state index in [4.69, 9.17) is 29.0 Å². The number of carbonyl (C=O) groups excluding carboxylic acids is 2. The van der Waals surface area contributed by atoms with Crippen molar-refractivity contribution in [3.63, 3.8) is 0 Å². The van der Waals surface area contributed by atoms with E-state index >= 15 is 0 Å². The van der Waals surface area contributed by atoms with Gasteiger partial charge in [0.25, 0.3) is 0 Å². The number of aliphatic hydroxyl groups excluding tert-OH is 4. The first kappa shape index (κ1) is 60.8. The van der Waals surface area contributed by atoms with E-state index < -0.39 is 95.9 Å². The summed E-state index contributed by atoms with van der Waals surface area (Å²) in [6.07, 6.45) is 20.2. The van der Waals surface area contributed by atoms with Gasteiger partial charge in [0, 0.05) is 19.0 Å². The Balaban J connectivity index is 1.88. The molecule has 68 heavy (non-hydrogen) atoms. The van der Waals surface area contributed by atoms with Crippen LogP contribution in [-0.4, -0.2) is 108 Å². The van der Waals surface area contributed by atoms with Crippen LogP contribution < -0.4 is 11.4 Å². The summed E-state index contributed by atoms with van der Waals surface area (Å²) >= 11 is 0. The van der Waals surface area contributed by atoms with Gasteiger partial charge in [-0.25, -0.2) is 13.9 Å². The van der Waals surface area contributed by atoms with E-state index in [9.17, 15) is 53.7 Å². The third-order valence-corrected chi connectivity index (χ3v) is 13.2. The van der Waals surface area contributed by atoms with Crippen LogP contribution in [0.1, 0.15) is 143 Å². The minimum Gasteiger partial charge on any atom is -0.462 e. The molecule has 22 heteroatoms. The van der Waals surface area contributed by atoms with Gasteiger partial charge >= 0.3 is 33.3 Å². The fraction of sp³-hybridized carbons (Fsp3) is 0.696. The highest BCUT2D eigenvalue weighted by atomic mass is 31.3. The predicted molar refractivity (Wildman–Crippen MR) is 255 cm³/mol. The van der Waals surface area contributed by atoms with Crippen molar-refractivity contribution in [2.45, 2.75) is 179 Å². The van der Waals surface area contributed by atoms with Crippen LogP contribution in [0.25, 0.3) is 0 Å². The van der Waals surface area contributed by atoms with Gasteiger partial charge in [0.05, 0.1) is 25.4 Å². The van der Waals surface area contributed by atoms with E-state index in [1.807, 2.05) is 24.3 Å². The molecule has 2 heterocycles. The minimum absolute atomic E-state index is 0.00117. The van der Waals surface area contributed by atoms with E-state index in [1.165, 1.54) is 25.3 Å². The van der Waals surface area contributed by atoms with E-state index in [1.54, 1.807) is 24.3 Å². The molecule has 0 spiro atoms. The van der Waals surface area contributed by atoms with Crippen LogP contribution in [-0.2, 0) is 46.3 Å². The Hall–Kier alpha value is -3.36. The molecule has 1 aliphatic heterocycles. The van der Waals surface area contributed by atoms with Crippen LogP contribution in [0.15, 0.2) is 65.7 Å². The first-order valence-electron chi connectivity index (χ1n) is 23.7. The lowest BCUT2D eigenvalue weighted by Gasteiger charge is -2.21. The second kappa shape index (κ2) is 34.0. The van der Waals surface area contributed by atoms with Gasteiger partial charge in [-0.3, -0.25) is 23.2 Å². The highest BCUT2D eigenvalue weighted by Gasteiger charge is 2.46. The molecule has 0 aliphatic carbocycles. The first-order valence-corrected chi connectivity index (χ1v) is 26.7. The molecule has 1 fully saturated rings. The van der Waals surface area contributed by atoms with Crippen molar-refractivity contribution in [3.05, 3.63) is 71.4 Å². The van der Waals surface area contributed by atoms with Crippen molar-refractivity contribution >= 4 is 33.4 Å². The van der Waals surface area contributed by atoms with Crippen molar-refractivity contribution in [1.29, 1.82) is 0 Å². The Bertz CT molecular complexity index is 1880. The zero-order valence-corrected chi connectivity index (χ0v) is 41.6. The molecule has 388 valence electrons. The molecular weight excluding hydrogens is 928 g/mol. The summed E-state index contributed by atoms with van der Waals surface area (Å²) in [4.78, 5) is 61.7. The predicted octanol–water partition coefficient (Wildman–Crippen LogP) is 6.79. The Morgan fingerprint density at radius 1 is 0.794 bits per heavy atom. The third kappa shape index (κ3) is 27.7. The van der Waals surface area contributed by atoms with E-state index in [0.29, 0.717) is 18.8 Å². The number of carbonyl (C=O) groups is 2. The van der Waals surface area contributed by atoms with Crippen molar-refractivity contribution in [2.24, 2.45) is 5.92 Å². The lowest BCUT2D eigenvalue weighted by atomic mass is 10.0. The molecule has 1 aromatic heterocycles. The lowest BCUT2D eigenvalue weighted by molar-refractivity contribution is -0.161. The zero-order valence-electron chi connectivity index (χ0n) is 39.8. The molecule has 9 atom stereocenters. The lowest BCUT2D eigenvalue weighted by Crippen LogP contribution is -2.36. The van der Waals surface area contributed by atoms with Crippen molar-refractivity contribution in [1.82, 2.24) is 9.55 Å². The number of hydrogen-bond acceptors (Lipinski definition) is 17. The molecule has 0 bridgehead atoms. The number of ether oxygens (including phenoxy) is 3. The smallest absolute Gasteiger partial charge is 0.462 e. The Labute approximate surface area is 400 Å². The number of nitrogen functional groups attached to an aromatic ring is 1. The van der Waals surface area contributed by atoms with Gasteiger partial charge in [-0.05, 0) is 44.1 Å². The Kier molecular flexibility index (Phi) is 30.4. The monoisotopic (exact) mass is 1010 g/mol. The zero-order chi connectivity index (χ0) is 50.4. The SMILES string of the molecule is CCCCC[C@H](O)/C=C/C=C\C/C=C\C=C\[C@H](O)CCCC(=O)OC[C@H](COP(=O)(O)OP(=O)(O)OC[C@H]1O[C@@H](n2ccc(N)nc2=O)[C@H](O)[C@@H]1O)OC(=O)CCCCCCCCCCC(C)C. The molecular formula is C46H77N3O17P2. The fourth-order valence-electron chi connectivity index (χ4n) is 6.77. The van der Waals surface area contributed by atoms with Crippen molar-refractivity contribution in [3.8, 4) is 0 Å². The number of hydrogen-bond donors (Lipinski definition) is 7. The summed E-state index contributed by atoms with van der Waals surface area (Å²) in [6, 6.07) is 1.23. The number of esters is 2. The molecule has 1 aliphatic rings. The second-order valence-corrected chi connectivity index (χ2v) is 20.2. The summed E-state index contributed by atoms with van der Waals surface area (Å²) < 4.78 is 56.4. The fourth-order valence-corrected chi connectivity index (χ4v) is 8.88. The average Bonchev–Trinajstić information content (AvgIpc) is 3.55. The topological polar surface area (TPSA) is 306 Å². The molecule has 8 N–H and O–H groups in total. The quantitative estimate of drug-likeness (QED) is 0.0156. The first-order chi connectivity index (χ1) is 32.3. The number of aliphatic hydroxyl groups is 4. The number of phosphoric acid groups is 2. The second-order valence-electron chi connectivity index (χ2n) is 17.1. The average molecular weight is 1010 g/mol. The Morgan fingerprint density at radius 3 is 1.99 bits per heavy atom. The number of nitrogens with zero attached hydrogens (tertiary/aromatic N) is 2. The van der Waals surface area contributed by atoms with Crippen molar-refractivity contribution < 1.29 is 76.5 Å². The molecule has 2 unspecified atom stereocenters. The molecule has 2 rings (SSSR count). The van der Waals surface area contributed by atoms with Crippen LogP contribution in [0, 0.1) is 5.92 Å². The van der Waals surface area contributed by atoms with Crippen LogP contribution in [0.3, 0.4) is 0 Å². The van der Waals surface area contributed by atoms with Gasteiger partial charge in [0.15, 0.2) is 12.3 Å². The van der Waals surface area contributed by atoms with Crippen LogP contribution in [0.2, 0.25) is 0 Å². The summed E-state index contributed by atoms with van der Waals surface area (Å²) in [7, 11) is -10.9. The minimum atomic E-state index is -5.47. The van der Waals surface area contributed by atoms with Gasteiger partial charge in [0.1, 0.15) is 30.7 Å². The maximum Gasteiger partial charge on any atom is 0.481 e. The number of aromatic nitrogens is 2. The maximum absolute atomic E-state index is 12.8. The van der Waals surface area contributed by atoms with Gasteiger partial charge in [0.2, 0.25) is 0 Å². The van der Waals surface area contributed by atoms with Gasteiger partial charge in [-0.15, -0.1) is 0 Å². The summed E-state index contributed by atoms with van der Waals surface area (Å²) in [5, 5.41) is 41.1. The number of anilines is 1. The molecule has 0 saturated carbocycles. The van der Waals surface area contributed by atoms with Gasteiger partial charge in [-0.1, -0.05) is 140 Å². The molecule has 20 nitrogen and oxygen atoms in total.